The Morgan fingerprint density at radius 2 is 1.81 bits per heavy atom. The standard InChI is InChI=1S/C17H17N3O6/c1-25-14-7-12(8-15(26-2)17(14)22)10-18-19-16(21)9-11-3-5-13(6-4-11)20(23)24/h3-8,10,22H,9H2,1-2H3,(H,19,21)/b18-10+. The molecule has 9 nitrogen and oxygen atoms in total. The highest BCUT2D eigenvalue weighted by Gasteiger charge is 2.10. The summed E-state index contributed by atoms with van der Waals surface area (Å²) in [5.74, 6) is -0.0896. The van der Waals surface area contributed by atoms with E-state index in [0.717, 1.165) is 0 Å². The average molecular weight is 359 g/mol. The smallest absolute Gasteiger partial charge is 0.269 e. The molecule has 0 saturated carbocycles. The van der Waals surface area contributed by atoms with Crippen LogP contribution in [0.2, 0.25) is 0 Å². The van der Waals surface area contributed by atoms with Crippen LogP contribution in [0.3, 0.4) is 0 Å². The van der Waals surface area contributed by atoms with Gasteiger partial charge in [0.1, 0.15) is 0 Å². The zero-order valence-corrected chi connectivity index (χ0v) is 14.1. The highest BCUT2D eigenvalue weighted by atomic mass is 16.6. The SMILES string of the molecule is COc1cc(/C=N/NC(=O)Cc2ccc([N+](=O)[O-])cc2)cc(OC)c1O. The molecule has 0 radical (unpaired) electrons. The van der Waals surface area contributed by atoms with Crippen LogP contribution in [-0.4, -0.2) is 36.4 Å². The molecule has 2 rings (SSSR count). The highest BCUT2D eigenvalue weighted by molar-refractivity contribution is 5.84. The lowest BCUT2D eigenvalue weighted by Gasteiger charge is -2.09. The first kappa shape index (κ1) is 18.7. The van der Waals surface area contributed by atoms with E-state index in [0.29, 0.717) is 11.1 Å². The van der Waals surface area contributed by atoms with Gasteiger partial charge in [0.2, 0.25) is 11.7 Å². The summed E-state index contributed by atoms with van der Waals surface area (Å²) in [6.45, 7) is 0. The van der Waals surface area contributed by atoms with Gasteiger partial charge in [0.05, 0.1) is 31.8 Å². The zero-order chi connectivity index (χ0) is 19.1. The molecule has 2 aromatic rings. The molecule has 0 aliphatic carbocycles. The van der Waals surface area contributed by atoms with Crippen LogP contribution < -0.4 is 14.9 Å². The fourth-order valence-corrected chi connectivity index (χ4v) is 2.13. The van der Waals surface area contributed by atoms with Gasteiger partial charge in [-0.15, -0.1) is 0 Å². The van der Waals surface area contributed by atoms with Crippen molar-refractivity contribution in [1.82, 2.24) is 5.43 Å². The second-order valence-electron chi connectivity index (χ2n) is 5.17. The first-order chi connectivity index (χ1) is 12.4. The summed E-state index contributed by atoms with van der Waals surface area (Å²) in [6.07, 6.45) is 1.40. The summed E-state index contributed by atoms with van der Waals surface area (Å²) < 4.78 is 10.1. The number of nitrogens with one attached hydrogen (secondary N) is 1. The number of phenolic OH excluding ortho intramolecular Hbond substituents is 1. The van der Waals surface area contributed by atoms with Crippen molar-refractivity contribution < 1.29 is 24.3 Å². The molecule has 0 atom stereocenters. The molecule has 26 heavy (non-hydrogen) atoms. The topological polar surface area (TPSA) is 123 Å². The summed E-state index contributed by atoms with van der Waals surface area (Å²) in [5.41, 5.74) is 3.49. The van der Waals surface area contributed by atoms with Crippen molar-refractivity contribution in [2.24, 2.45) is 5.10 Å². The van der Waals surface area contributed by atoms with E-state index in [2.05, 4.69) is 10.5 Å². The number of benzene rings is 2. The number of methoxy groups -OCH3 is 2. The van der Waals surface area contributed by atoms with Gasteiger partial charge in [0, 0.05) is 17.7 Å². The van der Waals surface area contributed by atoms with Crippen molar-refractivity contribution >= 4 is 17.8 Å². The van der Waals surface area contributed by atoms with Crippen molar-refractivity contribution in [3.63, 3.8) is 0 Å². The second kappa shape index (κ2) is 8.47. The molecule has 2 N–H and O–H groups in total. The number of non-ortho nitro benzene ring substituents is 1. The average Bonchev–Trinajstić information content (AvgIpc) is 2.63. The fourth-order valence-electron chi connectivity index (χ4n) is 2.13. The number of carbonyl (C=O) groups excluding carboxylic acids is 1. The zero-order valence-electron chi connectivity index (χ0n) is 14.1. The van der Waals surface area contributed by atoms with Gasteiger partial charge >= 0.3 is 0 Å². The first-order valence-corrected chi connectivity index (χ1v) is 7.44. The third kappa shape index (κ3) is 4.69. The summed E-state index contributed by atoms with van der Waals surface area (Å²) >= 11 is 0. The number of hydrogen-bond donors (Lipinski definition) is 2. The minimum absolute atomic E-state index is 0.0254. The molecule has 0 heterocycles. The summed E-state index contributed by atoms with van der Waals surface area (Å²) in [5, 5.41) is 24.3. The third-order valence-corrected chi connectivity index (χ3v) is 3.42. The van der Waals surface area contributed by atoms with Gasteiger partial charge in [-0.25, -0.2) is 5.43 Å². The highest BCUT2D eigenvalue weighted by Crippen LogP contribution is 2.36. The molecule has 1 amide bonds. The molecule has 136 valence electrons. The number of rotatable bonds is 7. The molecule has 9 heteroatoms. The Balaban J connectivity index is 1.99. The number of nitro groups is 1. The maximum atomic E-state index is 11.9. The summed E-state index contributed by atoms with van der Waals surface area (Å²) in [6, 6.07) is 8.75. The number of carbonyl (C=O) groups is 1. The van der Waals surface area contributed by atoms with Crippen molar-refractivity contribution in [3.8, 4) is 17.2 Å². The Morgan fingerprint density at radius 1 is 1.23 bits per heavy atom. The molecular formula is C17H17N3O6. The lowest BCUT2D eigenvalue weighted by molar-refractivity contribution is -0.384. The van der Waals surface area contributed by atoms with E-state index in [9.17, 15) is 20.0 Å². The molecule has 2 aromatic carbocycles. The molecule has 0 saturated heterocycles. The number of nitrogens with zero attached hydrogens (tertiary/aromatic N) is 2. The Morgan fingerprint density at radius 3 is 2.31 bits per heavy atom. The normalized spacial score (nSPS) is 10.5. The quantitative estimate of drug-likeness (QED) is 0.443. The number of aromatic hydroxyl groups is 1. The Labute approximate surface area is 149 Å². The molecule has 0 spiro atoms. The van der Waals surface area contributed by atoms with Crippen molar-refractivity contribution in [2.45, 2.75) is 6.42 Å². The Bertz CT molecular complexity index is 808. The summed E-state index contributed by atoms with van der Waals surface area (Å²) in [4.78, 5) is 22.0. The maximum Gasteiger partial charge on any atom is 0.269 e. The molecule has 0 aliphatic heterocycles. The lowest BCUT2D eigenvalue weighted by atomic mass is 10.1. The van der Waals surface area contributed by atoms with E-state index in [1.165, 1.54) is 56.8 Å². The van der Waals surface area contributed by atoms with Crippen LogP contribution >= 0.6 is 0 Å². The van der Waals surface area contributed by atoms with E-state index >= 15 is 0 Å². The van der Waals surface area contributed by atoms with Crippen molar-refractivity contribution in [1.29, 1.82) is 0 Å². The molecule has 0 aromatic heterocycles. The first-order valence-electron chi connectivity index (χ1n) is 7.44. The maximum absolute atomic E-state index is 11.9. The van der Waals surface area contributed by atoms with Crippen LogP contribution in [0.4, 0.5) is 5.69 Å². The lowest BCUT2D eigenvalue weighted by Crippen LogP contribution is -2.19. The van der Waals surface area contributed by atoms with E-state index in [-0.39, 0.29) is 35.3 Å². The predicted molar refractivity (Wildman–Crippen MR) is 93.7 cm³/mol. The largest absolute Gasteiger partial charge is 0.502 e. The monoisotopic (exact) mass is 359 g/mol. The van der Waals surface area contributed by atoms with E-state index < -0.39 is 4.92 Å². The number of phenols is 1. The van der Waals surface area contributed by atoms with Gasteiger partial charge in [-0.3, -0.25) is 14.9 Å². The van der Waals surface area contributed by atoms with E-state index in [4.69, 9.17) is 9.47 Å². The molecule has 0 unspecified atom stereocenters. The third-order valence-electron chi connectivity index (χ3n) is 3.42. The van der Waals surface area contributed by atoms with Gasteiger partial charge in [-0.2, -0.15) is 5.10 Å². The number of ether oxygens (including phenoxy) is 2. The molecule has 0 aliphatic rings. The van der Waals surface area contributed by atoms with Crippen LogP contribution in [0, 0.1) is 10.1 Å². The second-order valence-corrected chi connectivity index (χ2v) is 5.17. The van der Waals surface area contributed by atoms with Crippen LogP contribution in [-0.2, 0) is 11.2 Å². The molecule has 0 bridgehead atoms. The van der Waals surface area contributed by atoms with Gasteiger partial charge < -0.3 is 14.6 Å². The minimum Gasteiger partial charge on any atom is -0.502 e. The van der Waals surface area contributed by atoms with Crippen molar-refractivity contribution in [3.05, 3.63) is 57.6 Å². The van der Waals surface area contributed by atoms with Crippen LogP contribution in [0.5, 0.6) is 17.2 Å². The van der Waals surface area contributed by atoms with Crippen LogP contribution in [0.1, 0.15) is 11.1 Å². The minimum atomic E-state index is -0.506. The van der Waals surface area contributed by atoms with E-state index in [1.807, 2.05) is 0 Å². The van der Waals surface area contributed by atoms with Gasteiger partial charge in [-0.1, -0.05) is 12.1 Å². The molecule has 0 fully saturated rings. The Kier molecular flexibility index (Phi) is 6.10. The van der Waals surface area contributed by atoms with Crippen LogP contribution in [0.15, 0.2) is 41.5 Å². The molecular weight excluding hydrogens is 342 g/mol. The Hall–Kier alpha value is -3.62. The predicted octanol–water partition coefficient (Wildman–Crippen LogP) is 2.01. The number of amides is 1. The van der Waals surface area contributed by atoms with Crippen LogP contribution in [0.25, 0.3) is 0 Å². The summed E-state index contributed by atoms with van der Waals surface area (Å²) in [7, 11) is 2.81. The van der Waals surface area contributed by atoms with Gasteiger partial charge in [0.25, 0.3) is 5.69 Å². The van der Waals surface area contributed by atoms with E-state index in [1.54, 1.807) is 0 Å². The van der Waals surface area contributed by atoms with Gasteiger partial charge in [-0.05, 0) is 17.7 Å². The van der Waals surface area contributed by atoms with Gasteiger partial charge in [0.15, 0.2) is 11.5 Å². The number of hydrogen-bond acceptors (Lipinski definition) is 7. The number of hydrazone groups is 1. The van der Waals surface area contributed by atoms with Crippen molar-refractivity contribution in [2.75, 3.05) is 14.2 Å². The fraction of sp³-hybridized carbons (Fsp3) is 0.176. The number of nitro benzene ring substituents is 1.